The molecule has 10 heavy (non-hydrogen) atoms. The van der Waals surface area contributed by atoms with Crippen molar-refractivity contribution in [3.63, 3.8) is 0 Å². The molecular formula is C4H8N3NaO2. The second kappa shape index (κ2) is 5.40. The molecule has 0 unspecified atom stereocenters. The molecule has 0 rings (SSSR count). The molecule has 5 nitrogen and oxygen atoms in total. The quantitative estimate of drug-likeness (QED) is 0.163. The summed E-state index contributed by atoms with van der Waals surface area (Å²) in [4.78, 5) is 10.9. The molecule has 0 bridgehead atoms. The Bertz CT molecular complexity index is 138. The van der Waals surface area contributed by atoms with Gasteiger partial charge in [0, 0.05) is 0 Å². The standard InChI is InChI=1S/C4H8N3O2.Na/c1-7(4(5)6)2-3(8)9;/h2H,1H3,(H3,5,6)(H,8,9);/q-1;+1. The SMILES string of the molecule is CN([CH-]C(=O)O)C(=N)N.[Na+]. The van der Waals surface area contributed by atoms with E-state index in [1.54, 1.807) is 0 Å². The first-order valence-electron chi connectivity index (χ1n) is 2.18. The topological polar surface area (TPSA) is 90.4 Å². The number of carboxylic acids is 1. The number of likely N-dealkylation sites (N-methyl/N-ethyl adjacent to an activating group) is 1. The molecule has 6 heteroatoms. The number of nitrogens with zero attached hydrogens (tertiary/aromatic N) is 1. The first kappa shape index (κ1) is 12.3. The third-order valence-corrected chi connectivity index (χ3v) is 0.684. The molecule has 0 heterocycles. The molecule has 0 aromatic carbocycles. The summed E-state index contributed by atoms with van der Waals surface area (Å²) >= 11 is 0. The largest absolute Gasteiger partial charge is 1.00 e. The van der Waals surface area contributed by atoms with Crippen LogP contribution >= 0.6 is 0 Å². The van der Waals surface area contributed by atoms with E-state index in [1.807, 2.05) is 0 Å². The molecule has 52 valence electrons. The van der Waals surface area contributed by atoms with Gasteiger partial charge in [-0.2, -0.15) is 6.54 Å². The van der Waals surface area contributed by atoms with Crippen molar-refractivity contribution in [2.45, 2.75) is 0 Å². The van der Waals surface area contributed by atoms with Gasteiger partial charge in [-0.3, -0.25) is 10.2 Å². The number of hydrogen-bond donors (Lipinski definition) is 3. The monoisotopic (exact) mass is 153 g/mol. The number of guanidine groups is 1. The van der Waals surface area contributed by atoms with E-state index < -0.39 is 5.97 Å². The fraction of sp³-hybridized carbons (Fsp3) is 0.250. The van der Waals surface area contributed by atoms with E-state index in [1.165, 1.54) is 7.05 Å². The predicted octanol–water partition coefficient (Wildman–Crippen LogP) is -3.94. The number of nitrogens with two attached hydrogens (primary N) is 1. The molecule has 4 N–H and O–H groups in total. The number of rotatable bonds is 2. The Hall–Kier alpha value is -0.390. The van der Waals surface area contributed by atoms with Gasteiger partial charge < -0.3 is 15.7 Å². The summed E-state index contributed by atoms with van der Waals surface area (Å²) < 4.78 is 0. The minimum atomic E-state index is -1.12. The minimum Gasteiger partial charge on any atom is -0.502 e. The summed E-state index contributed by atoms with van der Waals surface area (Å²) in [6.07, 6.45) is 0. The van der Waals surface area contributed by atoms with Crippen molar-refractivity contribution in [1.29, 1.82) is 5.41 Å². The van der Waals surface area contributed by atoms with Crippen LogP contribution in [-0.4, -0.2) is 29.0 Å². The van der Waals surface area contributed by atoms with E-state index in [-0.39, 0.29) is 35.5 Å². The molecular weight excluding hydrogens is 145 g/mol. The van der Waals surface area contributed by atoms with Crippen LogP contribution in [0.2, 0.25) is 0 Å². The molecule has 0 spiro atoms. The Morgan fingerprint density at radius 1 is 1.80 bits per heavy atom. The third kappa shape index (κ3) is 5.74. The number of carboxylic acid groups (broad SMARTS) is 1. The maximum Gasteiger partial charge on any atom is 1.00 e. The van der Waals surface area contributed by atoms with Crippen LogP contribution in [0.25, 0.3) is 0 Å². The molecule has 0 atom stereocenters. The van der Waals surface area contributed by atoms with Gasteiger partial charge in [-0.25, -0.2) is 0 Å². The molecule has 0 amide bonds. The van der Waals surface area contributed by atoms with Gasteiger partial charge in [0.2, 0.25) is 0 Å². The minimum absolute atomic E-state index is 0. The van der Waals surface area contributed by atoms with Crippen LogP contribution in [0, 0.1) is 12.0 Å². The third-order valence-electron chi connectivity index (χ3n) is 0.684. The van der Waals surface area contributed by atoms with Gasteiger partial charge in [0.15, 0.2) is 11.9 Å². The first-order valence-corrected chi connectivity index (χ1v) is 2.18. The Labute approximate surface area is 81.0 Å². The summed E-state index contributed by atoms with van der Waals surface area (Å²) in [5, 5.41) is 14.8. The van der Waals surface area contributed by atoms with Gasteiger partial charge >= 0.3 is 29.6 Å². The van der Waals surface area contributed by atoms with Crippen molar-refractivity contribution >= 4 is 11.9 Å². The van der Waals surface area contributed by atoms with E-state index in [4.69, 9.17) is 16.2 Å². The van der Waals surface area contributed by atoms with Gasteiger partial charge in [0.05, 0.1) is 0 Å². The maximum absolute atomic E-state index is 9.86. The maximum atomic E-state index is 9.86. The Morgan fingerprint density at radius 2 is 2.20 bits per heavy atom. The number of hydrogen-bond acceptors (Lipinski definition) is 2. The Morgan fingerprint density at radius 3 is 2.30 bits per heavy atom. The summed E-state index contributed by atoms with van der Waals surface area (Å²) in [5.41, 5.74) is 4.90. The fourth-order valence-electron chi connectivity index (χ4n) is 0.235. The summed E-state index contributed by atoms with van der Waals surface area (Å²) in [7, 11) is 1.39. The second-order valence-corrected chi connectivity index (χ2v) is 1.46. The van der Waals surface area contributed by atoms with Crippen LogP contribution < -0.4 is 35.3 Å². The zero-order valence-corrected chi connectivity index (χ0v) is 7.96. The van der Waals surface area contributed by atoms with Crippen molar-refractivity contribution in [3.05, 3.63) is 6.54 Å². The van der Waals surface area contributed by atoms with Crippen molar-refractivity contribution in [3.8, 4) is 0 Å². The van der Waals surface area contributed by atoms with E-state index >= 15 is 0 Å². The van der Waals surface area contributed by atoms with Gasteiger partial charge in [0.25, 0.3) is 0 Å². The molecule has 0 saturated carbocycles. The van der Waals surface area contributed by atoms with Crippen LogP contribution in [0.15, 0.2) is 0 Å². The average molecular weight is 153 g/mol. The summed E-state index contributed by atoms with van der Waals surface area (Å²) in [6.45, 7) is 0.808. The molecule has 0 aromatic heterocycles. The first-order chi connectivity index (χ1) is 4.04. The van der Waals surface area contributed by atoms with Crippen LogP contribution in [-0.2, 0) is 4.79 Å². The Kier molecular flexibility index (Phi) is 6.64. The molecule has 0 aromatic rings. The fourth-order valence-corrected chi connectivity index (χ4v) is 0.235. The molecule has 0 aliphatic carbocycles. The molecule has 0 aliphatic rings. The van der Waals surface area contributed by atoms with Gasteiger partial charge in [-0.1, -0.05) is 0 Å². The molecule has 0 radical (unpaired) electrons. The summed E-state index contributed by atoms with van der Waals surface area (Å²) in [5.74, 6) is -1.41. The van der Waals surface area contributed by atoms with Gasteiger partial charge in [0.1, 0.15) is 0 Å². The summed E-state index contributed by atoms with van der Waals surface area (Å²) in [6, 6.07) is 0. The molecule has 0 aliphatic heterocycles. The smallest absolute Gasteiger partial charge is 0.502 e. The van der Waals surface area contributed by atoms with Crippen molar-refractivity contribution in [2.75, 3.05) is 7.05 Å². The average Bonchev–Trinajstić information content (AvgIpc) is 1.63. The molecule has 0 fully saturated rings. The van der Waals surface area contributed by atoms with E-state index in [0.717, 1.165) is 11.4 Å². The van der Waals surface area contributed by atoms with E-state index in [0.29, 0.717) is 0 Å². The van der Waals surface area contributed by atoms with Crippen LogP contribution in [0.1, 0.15) is 0 Å². The predicted molar refractivity (Wildman–Crippen MR) is 31.6 cm³/mol. The zero-order valence-electron chi connectivity index (χ0n) is 5.96. The normalized spacial score (nSPS) is 7.30. The molecule has 0 saturated heterocycles. The van der Waals surface area contributed by atoms with Crippen molar-refractivity contribution < 1.29 is 39.5 Å². The number of nitrogens with one attached hydrogen (secondary N) is 1. The second-order valence-electron chi connectivity index (χ2n) is 1.46. The van der Waals surface area contributed by atoms with Gasteiger partial charge in [-0.15, -0.1) is 0 Å². The van der Waals surface area contributed by atoms with Gasteiger partial charge in [-0.05, 0) is 7.05 Å². The number of aliphatic carboxylic acids is 1. The van der Waals surface area contributed by atoms with Crippen molar-refractivity contribution in [2.24, 2.45) is 5.73 Å². The van der Waals surface area contributed by atoms with Crippen LogP contribution in [0.4, 0.5) is 0 Å². The Balaban J connectivity index is 0. The van der Waals surface area contributed by atoms with Crippen molar-refractivity contribution in [1.82, 2.24) is 4.90 Å². The number of carbonyl (C=O) groups is 1. The zero-order chi connectivity index (χ0) is 7.44. The van der Waals surface area contributed by atoms with Crippen LogP contribution in [0.3, 0.4) is 0 Å². The van der Waals surface area contributed by atoms with E-state index in [9.17, 15) is 4.79 Å². The van der Waals surface area contributed by atoms with Crippen LogP contribution in [0.5, 0.6) is 0 Å². The van der Waals surface area contributed by atoms with E-state index in [2.05, 4.69) is 0 Å².